The van der Waals surface area contributed by atoms with E-state index in [9.17, 15) is 0 Å². The third-order valence-electron chi connectivity index (χ3n) is 3.95. The number of imidazole rings is 1. The molecule has 5 heteroatoms. The first kappa shape index (κ1) is 12.1. The third-order valence-corrected chi connectivity index (χ3v) is 4.72. The highest BCUT2D eigenvalue weighted by molar-refractivity contribution is 7.15. The van der Waals surface area contributed by atoms with Crippen molar-refractivity contribution in [1.82, 2.24) is 9.38 Å². The maximum absolute atomic E-state index is 6.24. The molecule has 1 unspecified atom stereocenters. The van der Waals surface area contributed by atoms with Crippen LogP contribution in [0.5, 0.6) is 0 Å². The molecule has 0 aliphatic heterocycles. The number of fused-ring (bicyclic) bond motifs is 1. The van der Waals surface area contributed by atoms with Gasteiger partial charge in [-0.1, -0.05) is 0 Å². The lowest BCUT2D eigenvalue weighted by atomic mass is 9.75. The number of rotatable bonds is 5. The van der Waals surface area contributed by atoms with Crippen LogP contribution < -0.4 is 5.73 Å². The summed E-state index contributed by atoms with van der Waals surface area (Å²) in [7, 11) is 1.80. The van der Waals surface area contributed by atoms with Crippen molar-refractivity contribution >= 4 is 16.3 Å². The second kappa shape index (κ2) is 4.64. The van der Waals surface area contributed by atoms with Gasteiger partial charge in [-0.2, -0.15) is 0 Å². The minimum absolute atomic E-state index is 0.0521. The zero-order chi connectivity index (χ0) is 12.6. The second-order valence-electron chi connectivity index (χ2n) is 5.23. The molecule has 18 heavy (non-hydrogen) atoms. The standard InChI is InChI=1S/C13H19N3OS/c1-17-13(3-2-4-13)8-10(14)7-11-9-16-5-6-18-12(16)15-11/h5-6,9-10H,2-4,7-8,14H2,1H3. The fourth-order valence-corrected chi connectivity index (χ4v) is 3.47. The summed E-state index contributed by atoms with van der Waals surface area (Å²) in [4.78, 5) is 5.62. The molecule has 1 saturated carbocycles. The number of aromatic nitrogens is 2. The van der Waals surface area contributed by atoms with E-state index in [-0.39, 0.29) is 11.6 Å². The molecule has 2 aromatic rings. The lowest BCUT2D eigenvalue weighted by Crippen LogP contribution is -2.45. The van der Waals surface area contributed by atoms with Crippen LogP contribution in [0.3, 0.4) is 0 Å². The molecule has 0 radical (unpaired) electrons. The van der Waals surface area contributed by atoms with Gasteiger partial charge in [-0.25, -0.2) is 4.98 Å². The molecule has 0 saturated heterocycles. The average molecular weight is 265 g/mol. The number of methoxy groups -OCH3 is 1. The first-order valence-electron chi connectivity index (χ1n) is 6.43. The van der Waals surface area contributed by atoms with Crippen molar-refractivity contribution in [3.05, 3.63) is 23.5 Å². The smallest absolute Gasteiger partial charge is 0.193 e. The van der Waals surface area contributed by atoms with Gasteiger partial charge in [0.1, 0.15) is 0 Å². The Bertz CT molecular complexity index is 495. The summed E-state index contributed by atoms with van der Waals surface area (Å²) >= 11 is 1.65. The Balaban J connectivity index is 1.63. The van der Waals surface area contributed by atoms with E-state index in [1.807, 2.05) is 11.6 Å². The number of thiazole rings is 1. The number of hydrogen-bond acceptors (Lipinski definition) is 4. The van der Waals surface area contributed by atoms with E-state index in [0.29, 0.717) is 0 Å². The van der Waals surface area contributed by atoms with E-state index in [1.165, 1.54) is 6.42 Å². The summed E-state index contributed by atoms with van der Waals surface area (Å²) in [5.41, 5.74) is 7.38. The van der Waals surface area contributed by atoms with Gasteiger partial charge in [0.05, 0.1) is 11.3 Å². The Morgan fingerprint density at radius 3 is 3.06 bits per heavy atom. The summed E-state index contributed by atoms with van der Waals surface area (Å²) in [5, 5.41) is 2.04. The summed E-state index contributed by atoms with van der Waals surface area (Å²) < 4.78 is 7.68. The molecule has 4 nitrogen and oxygen atoms in total. The molecule has 98 valence electrons. The number of nitrogens with two attached hydrogens (primary N) is 1. The molecule has 3 rings (SSSR count). The van der Waals surface area contributed by atoms with Crippen molar-refractivity contribution in [3.63, 3.8) is 0 Å². The van der Waals surface area contributed by atoms with Gasteiger partial charge in [-0.3, -0.25) is 4.40 Å². The largest absolute Gasteiger partial charge is 0.378 e. The van der Waals surface area contributed by atoms with Crippen molar-refractivity contribution in [2.75, 3.05) is 7.11 Å². The van der Waals surface area contributed by atoms with Gasteiger partial charge in [0.2, 0.25) is 0 Å². The van der Waals surface area contributed by atoms with Gasteiger partial charge >= 0.3 is 0 Å². The van der Waals surface area contributed by atoms with E-state index < -0.39 is 0 Å². The van der Waals surface area contributed by atoms with Crippen LogP contribution in [0.25, 0.3) is 4.96 Å². The molecule has 0 spiro atoms. The van der Waals surface area contributed by atoms with Crippen molar-refractivity contribution < 1.29 is 4.74 Å². The van der Waals surface area contributed by atoms with Crippen molar-refractivity contribution in [2.24, 2.45) is 5.73 Å². The fourth-order valence-electron chi connectivity index (χ4n) is 2.76. The molecular formula is C13H19N3OS. The topological polar surface area (TPSA) is 52.5 Å². The van der Waals surface area contributed by atoms with Gasteiger partial charge in [-0.15, -0.1) is 11.3 Å². The van der Waals surface area contributed by atoms with Crippen molar-refractivity contribution in [3.8, 4) is 0 Å². The van der Waals surface area contributed by atoms with E-state index >= 15 is 0 Å². The first-order chi connectivity index (χ1) is 8.71. The van der Waals surface area contributed by atoms with Crippen LogP contribution in [0, 0.1) is 0 Å². The zero-order valence-corrected chi connectivity index (χ0v) is 11.4. The molecule has 2 aromatic heterocycles. The number of nitrogens with zero attached hydrogens (tertiary/aromatic N) is 2. The molecule has 1 fully saturated rings. The molecular weight excluding hydrogens is 246 g/mol. The van der Waals surface area contributed by atoms with Crippen LogP contribution in [0.1, 0.15) is 31.4 Å². The SMILES string of the molecule is COC1(CC(N)Cc2cn3ccsc3n2)CCC1. The Kier molecular flexibility index (Phi) is 3.13. The quantitative estimate of drug-likeness (QED) is 0.902. The predicted octanol–water partition coefficient (Wildman–Crippen LogP) is 2.22. The fraction of sp³-hybridized carbons (Fsp3) is 0.615. The predicted molar refractivity (Wildman–Crippen MR) is 73.0 cm³/mol. The molecule has 0 aromatic carbocycles. The minimum Gasteiger partial charge on any atom is -0.378 e. The lowest BCUT2D eigenvalue weighted by Gasteiger charge is -2.42. The Labute approximate surface area is 111 Å². The lowest BCUT2D eigenvalue weighted by molar-refractivity contribution is -0.0813. The monoisotopic (exact) mass is 265 g/mol. The van der Waals surface area contributed by atoms with Gasteiger partial charge in [-0.05, 0) is 25.7 Å². The maximum Gasteiger partial charge on any atom is 0.193 e. The van der Waals surface area contributed by atoms with Gasteiger partial charge in [0.15, 0.2) is 4.96 Å². The van der Waals surface area contributed by atoms with Gasteiger partial charge in [0, 0.05) is 37.3 Å². The van der Waals surface area contributed by atoms with Gasteiger partial charge in [0.25, 0.3) is 0 Å². The minimum atomic E-state index is 0.0521. The molecule has 1 atom stereocenters. The van der Waals surface area contributed by atoms with E-state index in [1.54, 1.807) is 18.4 Å². The summed E-state index contributed by atoms with van der Waals surface area (Å²) in [5.74, 6) is 0. The Morgan fingerprint density at radius 2 is 2.44 bits per heavy atom. The van der Waals surface area contributed by atoms with Crippen LogP contribution in [0.4, 0.5) is 0 Å². The van der Waals surface area contributed by atoms with Crippen molar-refractivity contribution in [2.45, 2.75) is 43.7 Å². The van der Waals surface area contributed by atoms with E-state index in [0.717, 1.165) is 36.3 Å². The van der Waals surface area contributed by atoms with Gasteiger partial charge < -0.3 is 10.5 Å². The molecule has 0 bridgehead atoms. The summed E-state index contributed by atoms with van der Waals surface area (Å²) in [6, 6.07) is 0.134. The highest BCUT2D eigenvalue weighted by Crippen LogP contribution is 2.38. The molecule has 1 aliphatic rings. The number of hydrogen-bond donors (Lipinski definition) is 1. The molecule has 0 amide bonds. The van der Waals surface area contributed by atoms with Crippen LogP contribution in [0.2, 0.25) is 0 Å². The van der Waals surface area contributed by atoms with E-state index in [4.69, 9.17) is 10.5 Å². The highest BCUT2D eigenvalue weighted by atomic mass is 32.1. The average Bonchev–Trinajstić information content (AvgIpc) is 2.83. The summed E-state index contributed by atoms with van der Waals surface area (Å²) in [6.45, 7) is 0. The van der Waals surface area contributed by atoms with Crippen molar-refractivity contribution in [1.29, 1.82) is 0 Å². The summed E-state index contributed by atoms with van der Waals surface area (Å²) in [6.07, 6.45) is 9.44. The maximum atomic E-state index is 6.24. The van der Waals surface area contributed by atoms with Crippen LogP contribution >= 0.6 is 11.3 Å². The third kappa shape index (κ3) is 2.18. The normalized spacial score (nSPS) is 19.9. The molecule has 1 aliphatic carbocycles. The van der Waals surface area contributed by atoms with Crippen LogP contribution in [0.15, 0.2) is 17.8 Å². The second-order valence-corrected chi connectivity index (χ2v) is 6.11. The highest BCUT2D eigenvalue weighted by Gasteiger charge is 2.38. The van der Waals surface area contributed by atoms with E-state index in [2.05, 4.69) is 15.6 Å². The van der Waals surface area contributed by atoms with Crippen LogP contribution in [-0.4, -0.2) is 28.1 Å². The molecule has 2 heterocycles. The molecule has 2 N–H and O–H groups in total. The Hall–Kier alpha value is -0.910. The van der Waals surface area contributed by atoms with Crippen LogP contribution in [-0.2, 0) is 11.2 Å². The zero-order valence-electron chi connectivity index (χ0n) is 10.6. The first-order valence-corrected chi connectivity index (χ1v) is 7.31. The Morgan fingerprint density at radius 1 is 1.61 bits per heavy atom. The number of ether oxygens (including phenoxy) is 1.